The number of methoxy groups -OCH3 is 1. The van der Waals surface area contributed by atoms with Gasteiger partial charge in [-0.1, -0.05) is 0 Å². The molecule has 1 N–H and O–H groups in total. The molecular formula is C14H20F3NO2. The van der Waals surface area contributed by atoms with Crippen LogP contribution in [0, 0.1) is 0 Å². The van der Waals surface area contributed by atoms with Gasteiger partial charge in [0.25, 0.3) is 0 Å². The molecule has 0 aliphatic heterocycles. The summed E-state index contributed by atoms with van der Waals surface area (Å²) in [7, 11) is 1.66. The second-order valence-corrected chi connectivity index (χ2v) is 5.07. The van der Waals surface area contributed by atoms with Crippen molar-refractivity contribution in [3.05, 3.63) is 24.3 Å². The van der Waals surface area contributed by atoms with Crippen molar-refractivity contribution in [3.8, 4) is 5.75 Å². The number of halogens is 3. The summed E-state index contributed by atoms with van der Waals surface area (Å²) in [5, 5.41) is 3.18. The Morgan fingerprint density at radius 3 is 2.20 bits per heavy atom. The molecule has 0 atom stereocenters. The fourth-order valence-corrected chi connectivity index (χ4v) is 1.44. The Hall–Kier alpha value is -1.43. The average molecular weight is 291 g/mol. The zero-order chi connectivity index (χ0) is 15.2. The van der Waals surface area contributed by atoms with Crippen LogP contribution in [0.4, 0.5) is 18.9 Å². The molecule has 0 saturated heterocycles. The van der Waals surface area contributed by atoms with Crippen molar-refractivity contribution in [2.24, 2.45) is 0 Å². The highest BCUT2D eigenvalue weighted by atomic mass is 19.4. The molecule has 0 aliphatic carbocycles. The van der Waals surface area contributed by atoms with Gasteiger partial charge in [0.1, 0.15) is 5.75 Å². The molecule has 0 unspecified atom stereocenters. The van der Waals surface area contributed by atoms with Gasteiger partial charge in [0.05, 0.1) is 5.60 Å². The summed E-state index contributed by atoms with van der Waals surface area (Å²) in [6, 6.07) is 6.39. The van der Waals surface area contributed by atoms with Gasteiger partial charge in [-0.05, 0) is 44.5 Å². The van der Waals surface area contributed by atoms with Crippen molar-refractivity contribution in [1.82, 2.24) is 0 Å². The molecular weight excluding hydrogens is 271 g/mol. The first-order chi connectivity index (χ1) is 9.22. The number of hydrogen-bond acceptors (Lipinski definition) is 3. The molecule has 20 heavy (non-hydrogen) atoms. The van der Waals surface area contributed by atoms with Crippen LogP contribution in [-0.4, -0.2) is 32.0 Å². The van der Waals surface area contributed by atoms with E-state index in [1.807, 2.05) is 13.8 Å². The highest BCUT2D eigenvalue weighted by Gasteiger charge is 2.28. The van der Waals surface area contributed by atoms with Crippen LogP contribution in [0.25, 0.3) is 0 Å². The predicted molar refractivity (Wildman–Crippen MR) is 72.2 cm³/mol. The average Bonchev–Trinajstić information content (AvgIpc) is 2.37. The SMILES string of the molecule is COC(C)(C)CCNc1ccc(OCC(F)(F)F)cc1. The number of ether oxygens (including phenoxy) is 2. The second kappa shape index (κ2) is 6.83. The van der Waals surface area contributed by atoms with E-state index >= 15 is 0 Å². The third-order valence-electron chi connectivity index (χ3n) is 2.87. The lowest BCUT2D eigenvalue weighted by Crippen LogP contribution is -2.25. The van der Waals surface area contributed by atoms with Crippen molar-refractivity contribution in [3.63, 3.8) is 0 Å². The highest BCUT2D eigenvalue weighted by molar-refractivity contribution is 5.46. The Morgan fingerprint density at radius 1 is 1.10 bits per heavy atom. The summed E-state index contributed by atoms with van der Waals surface area (Å²) in [5.41, 5.74) is 0.624. The Balaban J connectivity index is 2.39. The first-order valence-electron chi connectivity index (χ1n) is 6.30. The smallest absolute Gasteiger partial charge is 0.422 e. The topological polar surface area (TPSA) is 30.5 Å². The van der Waals surface area contributed by atoms with E-state index in [9.17, 15) is 13.2 Å². The van der Waals surface area contributed by atoms with Gasteiger partial charge < -0.3 is 14.8 Å². The van der Waals surface area contributed by atoms with Crippen molar-refractivity contribution in [1.29, 1.82) is 0 Å². The molecule has 0 aliphatic rings. The fraction of sp³-hybridized carbons (Fsp3) is 0.571. The van der Waals surface area contributed by atoms with Gasteiger partial charge in [-0.15, -0.1) is 0 Å². The molecule has 1 aromatic carbocycles. The van der Waals surface area contributed by atoms with E-state index in [0.717, 1.165) is 12.1 Å². The molecule has 1 rings (SSSR count). The maximum absolute atomic E-state index is 12.0. The van der Waals surface area contributed by atoms with Gasteiger partial charge in [-0.25, -0.2) is 0 Å². The van der Waals surface area contributed by atoms with E-state index in [1.54, 1.807) is 19.2 Å². The number of alkyl halides is 3. The Morgan fingerprint density at radius 2 is 1.70 bits per heavy atom. The zero-order valence-corrected chi connectivity index (χ0v) is 11.9. The zero-order valence-electron chi connectivity index (χ0n) is 11.9. The number of hydrogen-bond donors (Lipinski definition) is 1. The van der Waals surface area contributed by atoms with Crippen LogP contribution in [0.5, 0.6) is 5.75 Å². The lowest BCUT2D eigenvalue weighted by molar-refractivity contribution is -0.153. The van der Waals surface area contributed by atoms with Crippen LogP contribution in [0.3, 0.4) is 0 Å². The van der Waals surface area contributed by atoms with Crippen LogP contribution < -0.4 is 10.1 Å². The molecule has 0 fully saturated rings. The third-order valence-corrected chi connectivity index (χ3v) is 2.87. The first-order valence-corrected chi connectivity index (χ1v) is 6.30. The molecule has 1 aromatic rings. The minimum atomic E-state index is -4.32. The van der Waals surface area contributed by atoms with E-state index in [1.165, 1.54) is 12.1 Å². The normalized spacial score (nSPS) is 12.3. The fourth-order valence-electron chi connectivity index (χ4n) is 1.44. The quantitative estimate of drug-likeness (QED) is 0.827. The van der Waals surface area contributed by atoms with Crippen LogP contribution >= 0.6 is 0 Å². The van der Waals surface area contributed by atoms with E-state index in [-0.39, 0.29) is 11.4 Å². The van der Waals surface area contributed by atoms with Crippen LogP contribution in [0.2, 0.25) is 0 Å². The van der Waals surface area contributed by atoms with Gasteiger partial charge in [-0.3, -0.25) is 0 Å². The minimum Gasteiger partial charge on any atom is -0.484 e. The van der Waals surface area contributed by atoms with Crippen molar-refractivity contribution < 1.29 is 22.6 Å². The molecule has 0 aromatic heterocycles. The third kappa shape index (κ3) is 6.65. The number of nitrogens with one attached hydrogen (secondary N) is 1. The second-order valence-electron chi connectivity index (χ2n) is 5.07. The van der Waals surface area contributed by atoms with Gasteiger partial charge in [0.2, 0.25) is 0 Å². The molecule has 0 heterocycles. The molecule has 3 nitrogen and oxygen atoms in total. The van der Waals surface area contributed by atoms with Crippen LogP contribution in [-0.2, 0) is 4.74 Å². The van der Waals surface area contributed by atoms with E-state index in [4.69, 9.17) is 4.74 Å². The monoisotopic (exact) mass is 291 g/mol. The number of rotatable bonds is 7. The van der Waals surface area contributed by atoms with Crippen LogP contribution in [0.15, 0.2) is 24.3 Å². The van der Waals surface area contributed by atoms with Gasteiger partial charge in [0.15, 0.2) is 6.61 Å². The van der Waals surface area contributed by atoms with Gasteiger partial charge in [0, 0.05) is 19.3 Å². The number of anilines is 1. The van der Waals surface area contributed by atoms with Crippen LogP contribution in [0.1, 0.15) is 20.3 Å². The maximum atomic E-state index is 12.0. The molecule has 0 bridgehead atoms. The van der Waals surface area contributed by atoms with Crippen molar-refractivity contribution in [2.45, 2.75) is 32.0 Å². The summed E-state index contributed by atoms with van der Waals surface area (Å²) in [5.74, 6) is 0.199. The Labute approximate surface area is 117 Å². The summed E-state index contributed by atoms with van der Waals surface area (Å²) >= 11 is 0. The van der Waals surface area contributed by atoms with Gasteiger partial charge in [-0.2, -0.15) is 13.2 Å². The van der Waals surface area contributed by atoms with E-state index in [2.05, 4.69) is 10.1 Å². The molecule has 0 amide bonds. The number of benzene rings is 1. The largest absolute Gasteiger partial charge is 0.484 e. The Kier molecular flexibility index (Phi) is 5.68. The summed E-state index contributed by atoms with van der Waals surface area (Å²) < 4.78 is 45.9. The van der Waals surface area contributed by atoms with E-state index < -0.39 is 12.8 Å². The maximum Gasteiger partial charge on any atom is 0.422 e. The summed E-state index contributed by atoms with van der Waals surface area (Å²) in [6.45, 7) is 3.41. The summed E-state index contributed by atoms with van der Waals surface area (Å²) in [4.78, 5) is 0. The molecule has 114 valence electrons. The van der Waals surface area contributed by atoms with E-state index in [0.29, 0.717) is 6.54 Å². The van der Waals surface area contributed by atoms with Crippen molar-refractivity contribution >= 4 is 5.69 Å². The van der Waals surface area contributed by atoms with Crippen molar-refractivity contribution in [2.75, 3.05) is 25.6 Å². The summed E-state index contributed by atoms with van der Waals surface area (Å²) in [6.07, 6.45) is -3.50. The molecule has 0 spiro atoms. The van der Waals surface area contributed by atoms with Gasteiger partial charge >= 0.3 is 6.18 Å². The highest BCUT2D eigenvalue weighted by Crippen LogP contribution is 2.20. The molecule has 0 saturated carbocycles. The molecule has 0 radical (unpaired) electrons. The predicted octanol–water partition coefficient (Wildman–Crippen LogP) is 3.85. The lowest BCUT2D eigenvalue weighted by atomic mass is 10.1. The Bertz CT molecular complexity index is 402. The minimum absolute atomic E-state index is 0.199. The molecule has 6 heteroatoms. The first kappa shape index (κ1) is 16.6. The lowest BCUT2D eigenvalue weighted by Gasteiger charge is -2.23. The standard InChI is InChI=1S/C14H20F3NO2/c1-13(2,19-3)8-9-18-11-4-6-12(7-5-11)20-10-14(15,16)17/h4-7,18H,8-10H2,1-3H3.